The van der Waals surface area contributed by atoms with Crippen molar-refractivity contribution in [3.8, 4) is 28.3 Å². The van der Waals surface area contributed by atoms with E-state index in [9.17, 15) is 29.8 Å². The Hall–Kier alpha value is -3.35. The summed E-state index contributed by atoms with van der Waals surface area (Å²) >= 11 is 1.41. The van der Waals surface area contributed by atoms with Gasteiger partial charge < -0.3 is 15.3 Å². The van der Waals surface area contributed by atoms with E-state index in [2.05, 4.69) is 0 Å². The van der Waals surface area contributed by atoms with Crippen molar-refractivity contribution in [2.75, 3.05) is 6.61 Å². The zero-order chi connectivity index (χ0) is 22.8. The molecule has 4 aromatic rings. The molecule has 8 heteroatoms. The molecule has 6 nitrogen and oxygen atoms in total. The molecule has 0 spiro atoms. The summed E-state index contributed by atoms with van der Waals surface area (Å²) in [4.78, 5) is 14.0. The molecule has 0 saturated heterocycles. The molecule has 0 bridgehead atoms. The minimum Gasteiger partial charge on any atom is -0.394 e. The Morgan fingerprint density at radius 3 is 2.59 bits per heavy atom. The van der Waals surface area contributed by atoms with E-state index in [1.165, 1.54) is 29.5 Å². The number of nitriles is 1. The van der Waals surface area contributed by atoms with E-state index >= 15 is 0 Å². The second-order valence-corrected chi connectivity index (χ2v) is 8.27. The van der Waals surface area contributed by atoms with Gasteiger partial charge in [0.25, 0.3) is 5.56 Å². The predicted octanol–water partition coefficient (Wildman–Crippen LogP) is 3.25. The molecule has 1 atom stereocenters. The van der Waals surface area contributed by atoms with E-state index in [1.54, 1.807) is 24.3 Å². The van der Waals surface area contributed by atoms with Crippen LogP contribution < -0.4 is 5.56 Å². The van der Waals surface area contributed by atoms with Crippen molar-refractivity contribution in [2.45, 2.75) is 19.3 Å². The summed E-state index contributed by atoms with van der Waals surface area (Å²) in [7, 11) is 0. The molecule has 0 aliphatic carbocycles. The number of rotatable bonds is 6. The molecule has 0 fully saturated rings. The van der Waals surface area contributed by atoms with Gasteiger partial charge >= 0.3 is 0 Å². The van der Waals surface area contributed by atoms with Crippen LogP contribution in [0.1, 0.15) is 10.6 Å². The fourth-order valence-electron chi connectivity index (χ4n) is 3.83. The zero-order valence-corrected chi connectivity index (χ0v) is 17.6. The number of halogens is 1. The average Bonchev–Trinajstić information content (AvgIpc) is 3.29. The molecule has 2 heterocycles. The molecule has 0 saturated carbocycles. The Bertz CT molecular complexity index is 1400. The van der Waals surface area contributed by atoms with Crippen LogP contribution in [0, 0.1) is 17.1 Å². The number of aliphatic hydroxyl groups excluding tert-OH is 3. The molecule has 4 rings (SSSR count). The van der Waals surface area contributed by atoms with Crippen LogP contribution in [-0.2, 0) is 13.2 Å². The third kappa shape index (κ3) is 3.83. The largest absolute Gasteiger partial charge is 0.394 e. The summed E-state index contributed by atoms with van der Waals surface area (Å²) in [6, 6.07) is 14.8. The van der Waals surface area contributed by atoms with Crippen LogP contribution >= 0.6 is 11.3 Å². The van der Waals surface area contributed by atoms with Crippen molar-refractivity contribution in [1.82, 2.24) is 4.57 Å². The minimum absolute atomic E-state index is 0.0366. The minimum atomic E-state index is -1.24. The van der Waals surface area contributed by atoms with Gasteiger partial charge in [-0.1, -0.05) is 18.2 Å². The lowest BCUT2D eigenvalue weighted by Crippen LogP contribution is -2.31. The molecule has 0 aliphatic heterocycles. The van der Waals surface area contributed by atoms with Crippen LogP contribution in [0.15, 0.2) is 58.7 Å². The Balaban J connectivity index is 2.11. The average molecular weight is 450 g/mol. The summed E-state index contributed by atoms with van der Waals surface area (Å²) < 4.78 is 15.2. The van der Waals surface area contributed by atoms with Gasteiger partial charge in [-0.2, -0.15) is 5.26 Å². The second kappa shape index (κ2) is 9.02. The van der Waals surface area contributed by atoms with Gasteiger partial charge in [-0.3, -0.25) is 9.36 Å². The fraction of sp³-hybridized carbons (Fsp3) is 0.167. The third-order valence-electron chi connectivity index (χ3n) is 5.29. The van der Waals surface area contributed by atoms with Crippen LogP contribution in [0.25, 0.3) is 33.0 Å². The molecule has 0 radical (unpaired) electrons. The van der Waals surface area contributed by atoms with Gasteiger partial charge in [0.2, 0.25) is 0 Å². The van der Waals surface area contributed by atoms with Crippen LogP contribution in [0.5, 0.6) is 0 Å². The van der Waals surface area contributed by atoms with E-state index in [4.69, 9.17) is 0 Å². The first-order chi connectivity index (χ1) is 15.5. The molecular formula is C24H19FN2O4S. The number of hydrogen-bond donors (Lipinski definition) is 3. The molecule has 0 amide bonds. The number of thiophene rings is 1. The number of aliphatic hydroxyl groups is 3. The van der Waals surface area contributed by atoms with Crippen LogP contribution in [-0.4, -0.2) is 32.6 Å². The number of hydrogen-bond acceptors (Lipinski definition) is 6. The highest BCUT2D eigenvalue weighted by Gasteiger charge is 2.21. The zero-order valence-electron chi connectivity index (χ0n) is 16.8. The summed E-state index contributed by atoms with van der Waals surface area (Å²) in [6.45, 7) is -0.991. The molecule has 2 aromatic heterocycles. The molecular weight excluding hydrogens is 431 g/mol. The number of fused-ring (bicyclic) bond motifs is 1. The molecule has 32 heavy (non-hydrogen) atoms. The fourth-order valence-corrected chi connectivity index (χ4v) is 4.59. The molecule has 0 aliphatic rings. The van der Waals surface area contributed by atoms with Crippen LogP contribution in [0.2, 0.25) is 0 Å². The first-order valence-corrected chi connectivity index (χ1v) is 10.7. The quantitative estimate of drug-likeness (QED) is 0.418. The van der Waals surface area contributed by atoms with E-state index < -0.39 is 24.1 Å². The number of benzene rings is 2. The molecule has 3 N–H and O–H groups in total. The van der Waals surface area contributed by atoms with Crippen LogP contribution in [0.3, 0.4) is 0 Å². The van der Waals surface area contributed by atoms with Gasteiger partial charge in [0.05, 0.1) is 25.9 Å². The van der Waals surface area contributed by atoms with Crippen molar-refractivity contribution in [3.05, 3.63) is 80.7 Å². The lowest BCUT2D eigenvalue weighted by molar-refractivity contribution is 0.0803. The first-order valence-electron chi connectivity index (χ1n) is 9.81. The normalized spacial score (nSPS) is 12.1. The maximum atomic E-state index is 14.1. The van der Waals surface area contributed by atoms with Crippen molar-refractivity contribution < 1.29 is 19.7 Å². The predicted molar refractivity (Wildman–Crippen MR) is 121 cm³/mol. The number of aromatic nitrogens is 1. The Labute approximate surface area is 186 Å². The van der Waals surface area contributed by atoms with Gasteiger partial charge in [0.1, 0.15) is 17.6 Å². The van der Waals surface area contributed by atoms with E-state index in [1.807, 2.05) is 17.5 Å². The lowest BCUT2D eigenvalue weighted by atomic mass is 9.94. The molecule has 1 unspecified atom stereocenters. The summed E-state index contributed by atoms with van der Waals surface area (Å²) in [5.41, 5.74) is 1.78. The van der Waals surface area contributed by atoms with Crippen molar-refractivity contribution in [2.24, 2.45) is 0 Å². The smallest absolute Gasteiger partial charge is 0.259 e. The van der Waals surface area contributed by atoms with E-state index in [0.717, 1.165) is 20.6 Å². The Morgan fingerprint density at radius 1 is 1.09 bits per heavy atom. The highest BCUT2D eigenvalue weighted by molar-refractivity contribution is 7.10. The summed E-state index contributed by atoms with van der Waals surface area (Å²) in [6.07, 6.45) is -1.24. The van der Waals surface area contributed by atoms with Gasteiger partial charge in [0, 0.05) is 15.8 Å². The van der Waals surface area contributed by atoms with Crippen molar-refractivity contribution in [1.29, 1.82) is 5.26 Å². The van der Waals surface area contributed by atoms with Crippen molar-refractivity contribution in [3.63, 3.8) is 0 Å². The Morgan fingerprint density at radius 2 is 1.91 bits per heavy atom. The monoisotopic (exact) mass is 450 g/mol. The van der Waals surface area contributed by atoms with Gasteiger partial charge in [0.15, 0.2) is 0 Å². The SMILES string of the molecule is N#Cc1c(-c2cccc(F)c2)c2cc(-c3ccsc3CO)ccc2c(=O)n1CC(O)CO. The van der Waals surface area contributed by atoms with Crippen molar-refractivity contribution >= 4 is 22.1 Å². The number of nitrogens with zero attached hydrogens (tertiary/aromatic N) is 2. The van der Waals surface area contributed by atoms with Gasteiger partial charge in [-0.25, -0.2) is 4.39 Å². The lowest BCUT2D eigenvalue weighted by Gasteiger charge is -2.18. The second-order valence-electron chi connectivity index (χ2n) is 7.27. The van der Waals surface area contributed by atoms with E-state index in [-0.39, 0.29) is 24.2 Å². The highest BCUT2D eigenvalue weighted by atomic mass is 32.1. The summed E-state index contributed by atoms with van der Waals surface area (Å²) in [5, 5.41) is 41.4. The van der Waals surface area contributed by atoms with Crippen LogP contribution in [0.4, 0.5) is 4.39 Å². The maximum Gasteiger partial charge on any atom is 0.259 e. The van der Waals surface area contributed by atoms with Gasteiger partial charge in [-0.05, 0) is 57.8 Å². The topological polar surface area (TPSA) is 106 Å². The molecule has 2 aromatic carbocycles. The maximum absolute atomic E-state index is 14.1. The summed E-state index contributed by atoms with van der Waals surface area (Å²) in [5.74, 6) is -0.496. The highest BCUT2D eigenvalue weighted by Crippen LogP contribution is 2.35. The first kappa shape index (κ1) is 21.9. The van der Waals surface area contributed by atoms with E-state index in [0.29, 0.717) is 16.5 Å². The standard InChI is InChI=1S/C24H19FN2O4S/c25-16-3-1-2-15(8-16)23-20-9-14(18-6-7-32-22(18)13-29)4-5-19(20)24(31)27(21(23)10-26)11-17(30)12-28/h1-9,17,28-30H,11-13H2. The van der Waals surface area contributed by atoms with Gasteiger partial charge in [-0.15, -0.1) is 11.3 Å². The third-order valence-corrected chi connectivity index (χ3v) is 6.20. The number of pyridine rings is 1. The Kier molecular flexibility index (Phi) is 6.17. The molecule has 162 valence electrons.